The van der Waals surface area contributed by atoms with E-state index >= 15 is 0 Å². The van der Waals surface area contributed by atoms with Crippen LogP contribution in [0.4, 0.5) is 23.2 Å². The van der Waals surface area contributed by atoms with Gasteiger partial charge in [-0.1, -0.05) is 0 Å². The van der Waals surface area contributed by atoms with Gasteiger partial charge in [0.25, 0.3) is 0 Å². The highest BCUT2D eigenvalue weighted by Crippen LogP contribution is 2.30. The van der Waals surface area contributed by atoms with Crippen molar-refractivity contribution in [2.75, 3.05) is 26.1 Å². The molecule has 0 unspecified atom stereocenters. The van der Waals surface area contributed by atoms with Crippen LogP contribution in [0.2, 0.25) is 0 Å². The van der Waals surface area contributed by atoms with Crippen LogP contribution in [-0.4, -0.2) is 48.2 Å². The number of aryl methyl sites for hydroxylation is 1. The molecule has 11 heteroatoms. The van der Waals surface area contributed by atoms with Crippen molar-refractivity contribution in [3.8, 4) is 11.4 Å². The third-order valence-electron chi connectivity index (χ3n) is 5.95. The number of carbonyl (C=O) groups excluding carboxylic acids is 2. The summed E-state index contributed by atoms with van der Waals surface area (Å²) in [5, 5.41) is 2.73. The second kappa shape index (κ2) is 10.5. The molecule has 0 bridgehead atoms. The minimum absolute atomic E-state index is 0.0321. The van der Waals surface area contributed by atoms with Crippen molar-refractivity contribution in [1.29, 1.82) is 0 Å². The molecule has 0 aliphatic heterocycles. The van der Waals surface area contributed by atoms with Crippen LogP contribution in [-0.2, 0) is 4.74 Å². The molecule has 0 aliphatic rings. The molecule has 4 aromatic rings. The van der Waals surface area contributed by atoms with Gasteiger partial charge in [0.05, 0.1) is 37.4 Å². The van der Waals surface area contributed by atoms with E-state index in [2.05, 4.69) is 10.3 Å². The Bertz CT molecular complexity index is 1530. The average molecular weight is 529 g/mol. The Morgan fingerprint density at radius 1 is 1.03 bits per heavy atom. The fourth-order valence-corrected chi connectivity index (χ4v) is 4.04. The zero-order chi connectivity index (χ0) is 27.6. The number of esters is 1. The maximum atomic E-state index is 14.3. The van der Waals surface area contributed by atoms with E-state index in [1.807, 2.05) is 0 Å². The second-order valence-electron chi connectivity index (χ2n) is 8.47. The van der Waals surface area contributed by atoms with Gasteiger partial charge in [-0.05, 0) is 61.0 Å². The summed E-state index contributed by atoms with van der Waals surface area (Å²) in [4.78, 5) is 29.6. The molecule has 1 N–H and O–H groups in total. The minimum atomic E-state index is -4.38. The van der Waals surface area contributed by atoms with Crippen LogP contribution < -0.4 is 10.1 Å². The SMILES string of the molecule is COC(=O)c1ccc(-n2cnc3c(NCCC(F)(F)F)cc(C(=O)c4ccc(OC)c(F)c4)cc32)cc1C. The highest BCUT2D eigenvalue weighted by molar-refractivity contribution is 6.12. The Morgan fingerprint density at radius 2 is 1.79 bits per heavy atom. The van der Waals surface area contributed by atoms with Gasteiger partial charge in [-0.2, -0.15) is 13.2 Å². The number of benzene rings is 3. The van der Waals surface area contributed by atoms with E-state index < -0.39 is 36.7 Å². The molecule has 0 saturated heterocycles. The predicted octanol–water partition coefficient (Wildman–Crippen LogP) is 5.86. The topological polar surface area (TPSA) is 82.5 Å². The van der Waals surface area contributed by atoms with E-state index in [-0.39, 0.29) is 22.6 Å². The van der Waals surface area contributed by atoms with Gasteiger partial charge < -0.3 is 14.8 Å². The van der Waals surface area contributed by atoms with Gasteiger partial charge in [0.15, 0.2) is 17.3 Å². The van der Waals surface area contributed by atoms with Gasteiger partial charge >= 0.3 is 12.1 Å². The number of anilines is 1. The summed E-state index contributed by atoms with van der Waals surface area (Å²) < 4.78 is 64.0. The number of hydrogen-bond acceptors (Lipinski definition) is 6. The van der Waals surface area contributed by atoms with Crippen molar-refractivity contribution >= 4 is 28.5 Å². The number of aromatic nitrogens is 2. The van der Waals surface area contributed by atoms with Crippen molar-refractivity contribution in [1.82, 2.24) is 9.55 Å². The summed E-state index contributed by atoms with van der Waals surface area (Å²) >= 11 is 0. The van der Waals surface area contributed by atoms with Gasteiger partial charge in [0.1, 0.15) is 11.8 Å². The molecule has 38 heavy (non-hydrogen) atoms. The van der Waals surface area contributed by atoms with Crippen molar-refractivity contribution in [3.05, 3.63) is 82.9 Å². The molecule has 7 nitrogen and oxygen atoms in total. The first-order valence-corrected chi connectivity index (χ1v) is 11.4. The molecule has 3 aromatic carbocycles. The fourth-order valence-electron chi connectivity index (χ4n) is 4.04. The Hall–Kier alpha value is -4.41. The Morgan fingerprint density at radius 3 is 2.42 bits per heavy atom. The molecule has 1 heterocycles. The molecule has 1 aromatic heterocycles. The summed E-state index contributed by atoms with van der Waals surface area (Å²) in [5.74, 6) is -1.80. The number of nitrogens with one attached hydrogen (secondary N) is 1. The standard InChI is InChI=1S/C27H23F4N3O4/c1-15-10-18(5-6-19(15)26(36)38-3)34-14-33-24-21(32-9-8-27(29,30)31)12-17(13-22(24)34)25(35)16-4-7-23(37-2)20(28)11-16/h4-7,10-14,32H,8-9H2,1-3H3. The highest BCUT2D eigenvalue weighted by atomic mass is 19.4. The summed E-state index contributed by atoms with van der Waals surface area (Å²) in [6.45, 7) is 1.29. The largest absolute Gasteiger partial charge is 0.494 e. The lowest BCUT2D eigenvalue weighted by Gasteiger charge is -2.13. The van der Waals surface area contributed by atoms with E-state index in [9.17, 15) is 27.2 Å². The summed E-state index contributed by atoms with van der Waals surface area (Å²) in [5.41, 5.74) is 2.70. The van der Waals surface area contributed by atoms with Gasteiger partial charge in [-0.3, -0.25) is 9.36 Å². The number of halogens is 4. The monoisotopic (exact) mass is 529 g/mol. The van der Waals surface area contributed by atoms with Crippen molar-refractivity contribution in [2.24, 2.45) is 0 Å². The maximum Gasteiger partial charge on any atom is 0.390 e. The van der Waals surface area contributed by atoms with Crippen LogP contribution >= 0.6 is 0 Å². The number of ketones is 1. The third-order valence-corrected chi connectivity index (χ3v) is 5.95. The van der Waals surface area contributed by atoms with Crippen LogP contribution in [0, 0.1) is 12.7 Å². The zero-order valence-electron chi connectivity index (χ0n) is 20.6. The molecule has 198 valence electrons. The number of carbonyl (C=O) groups is 2. The maximum absolute atomic E-state index is 14.3. The number of rotatable bonds is 8. The number of nitrogens with zero attached hydrogens (tertiary/aromatic N) is 2. The van der Waals surface area contributed by atoms with Gasteiger partial charge in [-0.25, -0.2) is 14.2 Å². The van der Waals surface area contributed by atoms with Crippen LogP contribution in [0.5, 0.6) is 5.75 Å². The number of alkyl halides is 3. The van der Waals surface area contributed by atoms with Crippen molar-refractivity contribution < 1.29 is 36.6 Å². The molecule has 0 spiro atoms. The molecular weight excluding hydrogens is 506 g/mol. The number of methoxy groups -OCH3 is 2. The lowest BCUT2D eigenvalue weighted by atomic mass is 10.0. The molecule has 0 saturated carbocycles. The van der Waals surface area contributed by atoms with E-state index in [0.29, 0.717) is 27.8 Å². The predicted molar refractivity (Wildman–Crippen MR) is 133 cm³/mol. The molecule has 0 aliphatic carbocycles. The number of ether oxygens (including phenoxy) is 2. The van der Waals surface area contributed by atoms with Crippen LogP contribution in [0.15, 0.2) is 54.9 Å². The third kappa shape index (κ3) is 5.46. The minimum Gasteiger partial charge on any atom is -0.494 e. The first-order valence-electron chi connectivity index (χ1n) is 11.4. The van der Waals surface area contributed by atoms with Gasteiger partial charge in [0.2, 0.25) is 0 Å². The van der Waals surface area contributed by atoms with Gasteiger partial charge in [-0.15, -0.1) is 0 Å². The number of fused-ring (bicyclic) bond motifs is 1. The van der Waals surface area contributed by atoms with E-state index in [1.165, 1.54) is 44.8 Å². The Kier molecular flexibility index (Phi) is 7.38. The number of hydrogen-bond donors (Lipinski definition) is 1. The molecule has 0 fully saturated rings. The smallest absolute Gasteiger partial charge is 0.390 e. The first-order chi connectivity index (χ1) is 18.0. The fraction of sp³-hybridized carbons (Fsp3) is 0.222. The zero-order valence-corrected chi connectivity index (χ0v) is 20.6. The van der Waals surface area contributed by atoms with Crippen molar-refractivity contribution in [2.45, 2.75) is 19.5 Å². The summed E-state index contributed by atoms with van der Waals surface area (Å²) in [6.07, 6.45) is -4.00. The van der Waals surface area contributed by atoms with Crippen LogP contribution in [0.3, 0.4) is 0 Å². The Labute approximate surface area is 215 Å². The quantitative estimate of drug-likeness (QED) is 0.175. The molecule has 0 atom stereocenters. The lowest BCUT2D eigenvalue weighted by Crippen LogP contribution is -2.15. The molecule has 4 rings (SSSR count). The number of imidazole rings is 1. The summed E-state index contributed by atoms with van der Waals surface area (Å²) in [6, 6.07) is 11.6. The normalized spacial score (nSPS) is 11.4. The van der Waals surface area contributed by atoms with E-state index in [4.69, 9.17) is 9.47 Å². The molecular formula is C27H23F4N3O4. The average Bonchev–Trinajstić information content (AvgIpc) is 3.31. The van der Waals surface area contributed by atoms with Gasteiger partial charge in [0, 0.05) is 23.4 Å². The van der Waals surface area contributed by atoms with E-state index in [1.54, 1.807) is 29.7 Å². The first kappa shape index (κ1) is 26.6. The highest BCUT2D eigenvalue weighted by Gasteiger charge is 2.26. The van der Waals surface area contributed by atoms with Crippen LogP contribution in [0.1, 0.15) is 38.3 Å². The second-order valence-corrected chi connectivity index (χ2v) is 8.47. The summed E-state index contributed by atoms with van der Waals surface area (Å²) in [7, 11) is 2.58. The van der Waals surface area contributed by atoms with Crippen LogP contribution in [0.25, 0.3) is 16.7 Å². The Balaban J connectivity index is 1.82. The van der Waals surface area contributed by atoms with E-state index in [0.717, 1.165) is 6.07 Å². The molecule has 0 amide bonds. The van der Waals surface area contributed by atoms with Crippen molar-refractivity contribution in [3.63, 3.8) is 0 Å². The molecule has 0 radical (unpaired) electrons. The lowest BCUT2D eigenvalue weighted by molar-refractivity contribution is -0.131.